The van der Waals surface area contributed by atoms with Crippen molar-refractivity contribution in [2.75, 3.05) is 0 Å². The third kappa shape index (κ3) is 1.69. The quantitative estimate of drug-likeness (QED) is 0.391. The van der Waals surface area contributed by atoms with Gasteiger partial charge in [0.2, 0.25) is 5.78 Å². The minimum atomic E-state index is 0. The van der Waals surface area contributed by atoms with Gasteiger partial charge in [-0.05, 0) is 17.5 Å². The molecule has 5 aromatic rings. The molecule has 0 spiro atoms. The Balaban J connectivity index is 0.00000125. The topological polar surface area (TPSA) is 30.2 Å². The van der Waals surface area contributed by atoms with E-state index < -0.39 is 0 Å². The summed E-state index contributed by atoms with van der Waals surface area (Å²) < 4.78 is 2.06. The lowest BCUT2D eigenvalue weighted by Gasteiger charge is -2.04. The van der Waals surface area contributed by atoms with Crippen LogP contribution in [0, 0.1) is 0 Å². The first kappa shape index (κ1) is 13.0. The molecular weight excluding hydrogens is 294 g/mol. The van der Waals surface area contributed by atoms with Crippen LogP contribution in [0.4, 0.5) is 0 Å². The molecular formula is C18H12ClN3. The summed E-state index contributed by atoms with van der Waals surface area (Å²) in [5.74, 6) is 0.750. The van der Waals surface area contributed by atoms with E-state index in [9.17, 15) is 0 Å². The largest absolute Gasteiger partial charge is 0.283 e. The van der Waals surface area contributed by atoms with Crippen LogP contribution in [0.1, 0.15) is 0 Å². The molecule has 3 nitrogen and oxygen atoms in total. The SMILES string of the molecule is Cl.c1ccc2c(c1)ccc1cn3c(nc4ccccc43)nc12. The zero-order chi connectivity index (χ0) is 13.8. The Kier molecular flexibility index (Phi) is 2.78. The van der Waals surface area contributed by atoms with Gasteiger partial charge in [0.15, 0.2) is 0 Å². The van der Waals surface area contributed by atoms with Crippen molar-refractivity contribution in [2.45, 2.75) is 0 Å². The van der Waals surface area contributed by atoms with Crippen LogP contribution in [0.2, 0.25) is 0 Å². The summed E-state index contributed by atoms with van der Waals surface area (Å²) in [4.78, 5) is 9.42. The standard InChI is InChI=1S/C18H11N3.ClH/c1-2-6-14-12(5-1)9-10-13-11-21-16-8-4-3-7-15(16)19-18(21)20-17(13)14;/h1-11H;1H. The maximum absolute atomic E-state index is 4.79. The number of rotatable bonds is 0. The Bertz CT molecular complexity index is 1140. The van der Waals surface area contributed by atoms with Crippen LogP contribution < -0.4 is 0 Å². The van der Waals surface area contributed by atoms with Gasteiger partial charge in [0.1, 0.15) is 0 Å². The highest BCUT2D eigenvalue weighted by molar-refractivity contribution is 6.05. The fourth-order valence-corrected chi connectivity index (χ4v) is 2.98. The fraction of sp³-hybridized carbons (Fsp3) is 0. The Morgan fingerprint density at radius 1 is 0.727 bits per heavy atom. The molecule has 0 radical (unpaired) electrons. The lowest BCUT2D eigenvalue weighted by molar-refractivity contribution is 1.18. The van der Waals surface area contributed by atoms with Gasteiger partial charge in [-0.1, -0.05) is 48.5 Å². The van der Waals surface area contributed by atoms with Crippen LogP contribution in [0.15, 0.2) is 66.9 Å². The predicted molar refractivity (Wildman–Crippen MR) is 92.8 cm³/mol. The lowest BCUT2D eigenvalue weighted by atomic mass is 10.1. The van der Waals surface area contributed by atoms with E-state index in [0.717, 1.165) is 27.7 Å². The molecule has 106 valence electrons. The van der Waals surface area contributed by atoms with Crippen molar-refractivity contribution in [1.29, 1.82) is 0 Å². The summed E-state index contributed by atoms with van der Waals surface area (Å²) in [6, 6.07) is 20.7. The maximum atomic E-state index is 4.79. The van der Waals surface area contributed by atoms with Crippen LogP contribution in [0.3, 0.4) is 0 Å². The molecule has 2 heterocycles. The van der Waals surface area contributed by atoms with Gasteiger partial charge in [-0.2, -0.15) is 0 Å². The van der Waals surface area contributed by atoms with Crippen molar-refractivity contribution in [3.63, 3.8) is 0 Å². The molecule has 0 N–H and O–H groups in total. The second kappa shape index (κ2) is 4.68. The van der Waals surface area contributed by atoms with Crippen LogP contribution in [-0.2, 0) is 0 Å². The molecule has 0 saturated heterocycles. The monoisotopic (exact) mass is 305 g/mol. The van der Waals surface area contributed by atoms with Crippen molar-refractivity contribution in [1.82, 2.24) is 14.4 Å². The number of benzene rings is 3. The highest BCUT2D eigenvalue weighted by Gasteiger charge is 2.08. The Morgan fingerprint density at radius 2 is 1.50 bits per heavy atom. The van der Waals surface area contributed by atoms with Gasteiger partial charge >= 0.3 is 0 Å². The van der Waals surface area contributed by atoms with E-state index >= 15 is 0 Å². The number of aromatic nitrogens is 3. The number of fused-ring (bicyclic) bond motifs is 6. The van der Waals surface area contributed by atoms with E-state index in [0.29, 0.717) is 0 Å². The van der Waals surface area contributed by atoms with Crippen molar-refractivity contribution in [2.24, 2.45) is 0 Å². The first-order valence-corrected chi connectivity index (χ1v) is 6.95. The minimum Gasteiger partial charge on any atom is -0.283 e. The number of para-hydroxylation sites is 2. The average Bonchev–Trinajstić information content (AvgIpc) is 2.90. The van der Waals surface area contributed by atoms with E-state index in [1.165, 1.54) is 10.8 Å². The number of hydrogen-bond acceptors (Lipinski definition) is 2. The molecule has 3 aromatic carbocycles. The second-order valence-corrected chi connectivity index (χ2v) is 5.24. The van der Waals surface area contributed by atoms with Gasteiger partial charge in [0, 0.05) is 17.0 Å². The third-order valence-corrected chi connectivity index (χ3v) is 3.99. The first-order valence-electron chi connectivity index (χ1n) is 6.95. The molecule has 0 atom stereocenters. The van der Waals surface area contributed by atoms with Gasteiger partial charge in [0.25, 0.3) is 0 Å². The highest BCUT2D eigenvalue weighted by atomic mass is 35.5. The number of nitrogens with zero attached hydrogens (tertiary/aromatic N) is 3. The summed E-state index contributed by atoms with van der Waals surface area (Å²) >= 11 is 0. The van der Waals surface area contributed by atoms with E-state index in [1.807, 2.05) is 18.2 Å². The molecule has 0 unspecified atom stereocenters. The zero-order valence-electron chi connectivity index (χ0n) is 11.6. The average molecular weight is 306 g/mol. The van der Waals surface area contributed by atoms with Crippen LogP contribution >= 0.6 is 12.4 Å². The summed E-state index contributed by atoms with van der Waals surface area (Å²) in [5.41, 5.74) is 3.08. The Labute approximate surface area is 132 Å². The molecule has 0 aliphatic heterocycles. The molecule has 0 fully saturated rings. The van der Waals surface area contributed by atoms with Gasteiger partial charge in [-0.15, -0.1) is 12.4 Å². The highest BCUT2D eigenvalue weighted by Crippen LogP contribution is 2.25. The van der Waals surface area contributed by atoms with E-state index in [-0.39, 0.29) is 12.4 Å². The number of hydrogen-bond donors (Lipinski definition) is 0. The van der Waals surface area contributed by atoms with Crippen molar-refractivity contribution in [3.8, 4) is 0 Å². The molecule has 4 heteroatoms. The zero-order valence-corrected chi connectivity index (χ0v) is 12.4. The van der Waals surface area contributed by atoms with Crippen LogP contribution in [0.25, 0.3) is 38.5 Å². The van der Waals surface area contributed by atoms with E-state index in [4.69, 9.17) is 4.98 Å². The summed E-state index contributed by atoms with van der Waals surface area (Å²) in [5, 5.41) is 3.51. The number of halogens is 1. The molecule has 2 aromatic heterocycles. The van der Waals surface area contributed by atoms with Gasteiger partial charge in [-0.3, -0.25) is 4.40 Å². The molecule has 5 rings (SSSR count). The summed E-state index contributed by atoms with van der Waals surface area (Å²) in [6.45, 7) is 0. The molecule has 0 saturated carbocycles. The smallest absolute Gasteiger partial charge is 0.235 e. The molecule has 0 aliphatic rings. The van der Waals surface area contributed by atoms with Gasteiger partial charge in [0.05, 0.1) is 16.6 Å². The molecule has 0 bridgehead atoms. The van der Waals surface area contributed by atoms with Crippen LogP contribution in [0.5, 0.6) is 0 Å². The van der Waals surface area contributed by atoms with Crippen LogP contribution in [-0.4, -0.2) is 14.4 Å². The minimum absolute atomic E-state index is 0. The molecule has 0 aliphatic carbocycles. The van der Waals surface area contributed by atoms with E-state index in [2.05, 4.69) is 58.0 Å². The van der Waals surface area contributed by atoms with Crippen molar-refractivity contribution < 1.29 is 0 Å². The Morgan fingerprint density at radius 3 is 2.45 bits per heavy atom. The first-order chi connectivity index (χ1) is 10.4. The van der Waals surface area contributed by atoms with Gasteiger partial charge in [-0.25, -0.2) is 9.97 Å². The van der Waals surface area contributed by atoms with Gasteiger partial charge < -0.3 is 0 Å². The maximum Gasteiger partial charge on any atom is 0.235 e. The summed E-state index contributed by atoms with van der Waals surface area (Å²) in [6.07, 6.45) is 2.12. The van der Waals surface area contributed by atoms with Crippen molar-refractivity contribution in [3.05, 3.63) is 66.9 Å². The van der Waals surface area contributed by atoms with Crippen molar-refractivity contribution >= 4 is 50.9 Å². The number of imidazole rings is 1. The molecule has 22 heavy (non-hydrogen) atoms. The third-order valence-electron chi connectivity index (χ3n) is 3.99. The Hall–Kier alpha value is -2.65. The predicted octanol–water partition coefficient (Wildman–Crippen LogP) is 4.61. The van der Waals surface area contributed by atoms with E-state index in [1.54, 1.807) is 0 Å². The summed E-state index contributed by atoms with van der Waals surface area (Å²) in [7, 11) is 0. The molecule has 0 amide bonds. The second-order valence-electron chi connectivity index (χ2n) is 5.24. The fourth-order valence-electron chi connectivity index (χ4n) is 2.98. The lowest BCUT2D eigenvalue weighted by Crippen LogP contribution is -1.90. The normalized spacial score (nSPS) is 11.3.